The third kappa shape index (κ3) is 3.95. The molecule has 0 aromatic heterocycles. The zero-order valence-corrected chi connectivity index (χ0v) is 12.6. The highest BCUT2D eigenvalue weighted by Crippen LogP contribution is 2.23. The minimum absolute atomic E-state index is 0.00827. The molecule has 20 heavy (non-hydrogen) atoms. The molecule has 0 amide bonds. The summed E-state index contributed by atoms with van der Waals surface area (Å²) < 4.78 is 13.0. The normalized spacial score (nSPS) is 10.6. The van der Waals surface area contributed by atoms with Crippen molar-refractivity contribution in [3.63, 3.8) is 0 Å². The molecule has 0 fully saturated rings. The van der Waals surface area contributed by atoms with Crippen LogP contribution in [0.25, 0.3) is 0 Å². The Hall–Kier alpha value is -1.09. The van der Waals surface area contributed by atoms with E-state index in [1.807, 2.05) is 0 Å². The van der Waals surface area contributed by atoms with Gasteiger partial charge >= 0.3 is 0 Å². The number of carbonyl (C=O) groups is 1. The molecule has 0 aliphatic rings. The van der Waals surface area contributed by atoms with Gasteiger partial charge in [-0.05, 0) is 35.4 Å². The van der Waals surface area contributed by atoms with Gasteiger partial charge in [-0.15, -0.1) is 0 Å². The summed E-state index contributed by atoms with van der Waals surface area (Å²) in [5.41, 5.74) is 1.47. The van der Waals surface area contributed by atoms with E-state index in [2.05, 4.69) is 0 Å². The molecule has 0 N–H and O–H groups in total. The SMILES string of the molecule is O=C(Cc1ccc(F)c(Cl)c1)Cc1ccc(Cl)c(Cl)c1. The van der Waals surface area contributed by atoms with Gasteiger partial charge in [-0.1, -0.05) is 46.9 Å². The third-order valence-electron chi connectivity index (χ3n) is 2.77. The van der Waals surface area contributed by atoms with E-state index in [0.29, 0.717) is 15.6 Å². The first kappa shape index (κ1) is 15.3. The lowest BCUT2D eigenvalue weighted by atomic mass is 10.0. The first-order valence-corrected chi connectivity index (χ1v) is 6.98. The second-order valence-corrected chi connectivity index (χ2v) is 5.61. The van der Waals surface area contributed by atoms with E-state index in [1.165, 1.54) is 12.1 Å². The number of hydrogen-bond donors (Lipinski definition) is 0. The number of rotatable bonds is 4. The van der Waals surface area contributed by atoms with Crippen molar-refractivity contribution >= 4 is 40.6 Å². The molecule has 0 bridgehead atoms. The van der Waals surface area contributed by atoms with E-state index < -0.39 is 5.82 Å². The van der Waals surface area contributed by atoms with Crippen molar-refractivity contribution in [2.24, 2.45) is 0 Å². The van der Waals surface area contributed by atoms with Crippen LogP contribution in [0.15, 0.2) is 36.4 Å². The average molecular weight is 332 g/mol. The van der Waals surface area contributed by atoms with Gasteiger partial charge in [0.25, 0.3) is 0 Å². The van der Waals surface area contributed by atoms with Crippen LogP contribution in [0.5, 0.6) is 0 Å². The minimum atomic E-state index is -0.493. The summed E-state index contributed by atoms with van der Waals surface area (Å²) in [5, 5.41) is 0.889. The number of Topliss-reactive ketones (excluding diaryl/α,β-unsaturated/α-hetero) is 1. The lowest BCUT2D eigenvalue weighted by Gasteiger charge is -2.04. The van der Waals surface area contributed by atoms with Crippen molar-refractivity contribution in [1.29, 1.82) is 0 Å². The molecule has 2 rings (SSSR count). The average Bonchev–Trinajstić information content (AvgIpc) is 2.38. The Morgan fingerprint density at radius 1 is 0.850 bits per heavy atom. The molecule has 0 spiro atoms. The molecule has 0 atom stereocenters. The fourth-order valence-corrected chi connectivity index (χ4v) is 2.34. The van der Waals surface area contributed by atoms with Gasteiger partial charge < -0.3 is 0 Å². The summed E-state index contributed by atoms with van der Waals surface area (Å²) in [5.74, 6) is -0.501. The molecule has 0 heterocycles. The van der Waals surface area contributed by atoms with Crippen LogP contribution < -0.4 is 0 Å². The van der Waals surface area contributed by atoms with Gasteiger partial charge in [-0.25, -0.2) is 4.39 Å². The number of benzene rings is 2. The van der Waals surface area contributed by atoms with Gasteiger partial charge in [0.15, 0.2) is 0 Å². The smallest absolute Gasteiger partial charge is 0.141 e. The minimum Gasteiger partial charge on any atom is -0.299 e. The van der Waals surface area contributed by atoms with Gasteiger partial charge in [-0.2, -0.15) is 0 Å². The predicted molar refractivity (Wildman–Crippen MR) is 80.3 cm³/mol. The molecule has 0 saturated heterocycles. The molecule has 104 valence electrons. The van der Waals surface area contributed by atoms with Crippen LogP contribution in [0.3, 0.4) is 0 Å². The summed E-state index contributed by atoms with van der Waals surface area (Å²) in [7, 11) is 0. The van der Waals surface area contributed by atoms with E-state index >= 15 is 0 Å². The van der Waals surface area contributed by atoms with Gasteiger partial charge in [0.2, 0.25) is 0 Å². The Morgan fingerprint density at radius 3 is 1.95 bits per heavy atom. The van der Waals surface area contributed by atoms with Crippen molar-refractivity contribution in [2.45, 2.75) is 12.8 Å². The van der Waals surface area contributed by atoms with Crippen LogP contribution >= 0.6 is 34.8 Å². The summed E-state index contributed by atoms with van der Waals surface area (Å²) in [6.45, 7) is 0. The molecular formula is C15H10Cl3FO. The molecule has 0 aliphatic heterocycles. The zero-order valence-electron chi connectivity index (χ0n) is 10.3. The first-order chi connectivity index (χ1) is 9.45. The summed E-state index contributed by atoms with van der Waals surface area (Å²) >= 11 is 17.4. The maximum Gasteiger partial charge on any atom is 0.141 e. The van der Waals surface area contributed by atoms with Crippen LogP contribution in [0.2, 0.25) is 15.1 Å². The largest absolute Gasteiger partial charge is 0.299 e. The van der Waals surface area contributed by atoms with Crippen molar-refractivity contribution < 1.29 is 9.18 Å². The second-order valence-electron chi connectivity index (χ2n) is 4.39. The van der Waals surface area contributed by atoms with Crippen molar-refractivity contribution in [2.75, 3.05) is 0 Å². The number of ketones is 1. The lowest BCUT2D eigenvalue weighted by Crippen LogP contribution is -2.06. The summed E-state index contributed by atoms with van der Waals surface area (Å²) in [6, 6.07) is 9.34. The van der Waals surface area contributed by atoms with Crippen LogP contribution in [0.4, 0.5) is 4.39 Å². The Bertz CT molecular complexity index is 600. The highest BCUT2D eigenvalue weighted by molar-refractivity contribution is 6.42. The lowest BCUT2D eigenvalue weighted by molar-refractivity contribution is -0.117. The van der Waals surface area contributed by atoms with Gasteiger partial charge in [0.1, 0.15) is 11.6 Å². The molecule has 2 aromatic carbocycles. The van der Waals surface area contributed by atoms with Crippen molar-refractivity contribution in [3.8, 4) is 0 Å². The first-order valence-electron chi connectivity index (χ1n) is 5.85. The second kappa shape index (κ2) is 6.57. The Balaban J connectivity index is 2.04. The number of hydrogen-bond acceptors (Lipinski definition) is 1. The van der Waals surface area contributed by atoms with Crippen molar-refractivity contribution in [3.05, 3.63) is 68.4 Å². The van der Waals surface area contributed by atoms with Crippen LogP contribution in [-0.4, -0.2) is 5.78 Å². The van der Waals surface area contributed by atoms with E-state index in [9.17, 15) is 9.18 Å². The molecule has 5 heteroatoms. The molecular weight excluding hydrogens is 322 g/mol. The Labute approximate surface area is 131 Å². The maximum atomic E-state index is 13.0. The topological polar surface area (TPSA) is 17.1 Å². The van der Waals surface area contributed by atoms with E-state index in [-0.39, 0.29) is 23.6 Å². The zero-order chi connectivity index (χ0) is 14.7. The third-order valence-corrected chi connectivity index (χ3v) is 3.80. The monoisotopic (exact) mass is 330 g/mol. The Morgan fingerprint density at radius 2 is 1.40 bits per heavy atom. The molecule has 0 saturated carbocycles. The summed E-state index contributed by atoms with van der Waals surface area (Å²) in [6.07, 6.45) is 0.437. The van der Waals surface area contributed by atoms with Gasteiger partial charge in [0, 0.05) is 12.8 Å². The fraction of sp³-hybridized carbons (Fsp3) is 0.133. The molecule has 0 unspecified atom stereocenters. The van der Waals surface area contributed by atoms with Crippen molar-refractivity contribution in [1.82, 2.24) is 0 Å². The fourth-order valence-electron chi connectivity index (χ4n) is 1.82. The number of carbonyl (C=O) groups excluding carboxylic acids is 1. The van der Waals surface area contributed by atoms with Gasteiger partial charge in [-0.3, -0.25) is 4.79 Å². The highest BCUT2D eigenvalue weighted by atomic mass is 35.5. The van der Waals surface area contributed by atoms with E-state index in [0.717, 1.165) is 5.56 Å². The van der Waals surface area contributed by atoms with E-state index in [1.54, 1.807) is 24.3 Å². The van der Waals surface area contributed by atoms with Crippen LogP contribution in [0, 0.1) is 5.82 Å². The van der Waals surface area contributed by atoms with Crippen LogP contribution in [-0.2, 0) is 17.6 Å². The maximum absolute atomic E-state index is 13.0. The number of halogens is 4. The van der Waals surface area contributed by atoms with E-state index in [4.69, 9.17) is 34.8 Å². The molecule has 0 aliphatic carbocycles. The van der Waals surface area contributed by atoms with Gasteiger partial charge in [0.05, 0.1) is 15.1 Å². The quantitative estimate of drug-likeness (QED) is 0.758. The van der Waals surface area contributed by atoms with Crippen LogP contribution in [0.1, 0.15) is 11.1 Å². The molecule has 0 radical (unpaired) electrons. The Kier molecular flexibility index (Phi) is 5.03. The predicted octanol–water partition coefficient (Wildman–Crippen LogP) is 5.14. The molecule has 1 nitrogen and oxygen atoms in total. The standard InChI is InChI=1S/C15H10Cl3FO/c16-12-3-1-9(7-13(12)17)5-11(20)6-10-2-4-15(19)14(18)8-10/h1-4,7-8H,5-6H2. The molecule has 2 aromatic rings. The summed E-state index contributed by atoms with van der Waals surface area (Å²) in [4.78, 5) is 12.0. The highest BCUT2D eigenvalue weighted by Gasteiger charge is 2.09.